The van der Waals surface area contributed by atoms with Crippen LogP contribution in [0.5, 0.6) is 5.75 Å². The first kappa shape index (κ1) is 26.1. The number of anilines is 1. The van der Waals surface area contributed by atoms with Gasteiger partial charge in [0.2, 0.25) is 0 Å². The molecule has 0 spiro atoms. The molecule has 0 aliphatic carbocycles. The largest absolute Gasteiger partial charge is 0.497 e. The highest BCUT2D eigenvalue weighted by molar-refractivity contribution is 9.10. The van der Waals surface area contributed by atoms with Gasteiger partial charge in [0, 0.05) is 22.3 Å². The van der Waals surface area contributed by atoms with Crippen LogP contribution in [0.15, 0.2) is 76.9 Å². The predicted octanol–water partition coefficient (Wildman–Crippen LogP) is 4.56. The Balaban J connectivity index is 1.94. The van der Waals surface area contributed by atoms with Crippen LogP contribution in [0.1, 0.15) is 26.3 Å². The highest BCUT2D eigenvalue weighted by Crippen LogP contribution is 2.23. The predicted molar refractivity (Wildman–Crippen MR) is 136 cm³/mol. The first-order valence-electron chi connectivity index (χ1n) is 10.3. The van der Waals surface area contributed by atoms with Crippen molar-refractivity contribution in [3.8, 4) is 5.75 Å². The van der Waals surface area contributed by atoms with Crippen molar-refractivity contribution < 1.29 is 28.8 Å². The highest BCUT2D eigenvalue weighted by Gasteiger charge is 2.18. The number of nitrogens with one attached hydrogen (secondary N) is 2. The molecule has 0 unspecified atom stereocenters. The molecule has 0 atom stereocenters. The van der Waals surface area contributed by atoms with Crippen LogP contribution < -0.4 is 15.4 Å². The summed E-state index contributed by atoms with van der Waals surface area (Å²) < 4.78 is 10.3. The van der Waals surface area contributed by atoms with Crippen molar-refractivity contribution in [2.24, 2.45) is 0 Å². The van der Waals surface area contributed by atoms with Gasteiger partial charge in [-0.3, -0.25) is 19.7 Å². The van der Waals surface area contributed by atoms with Crippen LogP contribution in [0.4, 0.5) is 11.4 Å². The van der Waals surface area contributed by atoms with Crippen LogP contribution >= 0.6 is 15.9 Å². The van der Waals surface area contributed by atoms with E-state index in [0.717, 1.165) is 0 Å². The maximum absolute atomic E-state index is 13.1. The van der Waals surface area contributed by atoms with Crippen molar-refractivity contribution in [1.29, 1.82) is 0 Å². The molecule has 36 heavy (non-hydrogen) atoms. The number of benzene rings is 3. The van der Waals surface area contributed by atoms with Gasteiger partial charge in [-0.1, -0.05) is 12.1 Å². The lowest BCUT2D eigenvalue weighted by Crippen LogP contribution is -2.31. The Morgan fingerprint density at radius 2 is 1.72 bits per heavy atom. The van der Waals surface area contributed by atoms with Gasteiger partial charge >= 0.3 is 5.97 Å². The van der Waals surface area contributed by atoms with Crippen molar-refractivity contribution >= 4 is 51.2 Å². The summed E-state index contributed by atoms with van der Waals surface area (Å²) in [6, 6.07) is 16.3. The monoisotopic (exact) mass is 553 g/mol. The first-order chi connectivity index (χ1) is 17.2. The zero-order valence-corrected chi connectivity index (χ0v) is 20.7. The molecule has 3 aromatic rings. The Labute approximate surface area is 214 Å². The molecule has 2 amide bonds. The van der Waals surface area contributed by atoms with Crippen LogP contribution in [0, 0.1) is 10.1 Å². The minimum Gasteiger partial charge on any atom is -0.497 e. The number of methoxy groups -OCH3 is 2. The third-order valence-electron chi connectivity index (χ3n) is 4.87. The van der Waals surface area contributed by atoms with Crippen LogP contribution in [-0.2, 0) is 9.53 Å². The third-order valence-corrected chi connectivity index (χ3v) is 5.56. The Morgan fingerprint density at radius 1 is 1.00 bits per heavy atom. The number of carbonyl (C=O) groups is 3. The molecule has 184 valence electrons. The summed E-state index contributed by atoms with van der Waals surface area (Å²) in [6.07, 6.45) is 1.32. The van der Waals surface area contributed by atoms with Crippen molar-refractivity contribution in [3.63, 3.8) is 0 Å². The first-order valence-corrected chi connectivity index (χ1v) is 11.1. The number of non-ortho nitro benzene ring substituents is 1. The lowest BCUT2D eigenvalue weighted by molar-refractivity contribution is -0.384. The zero-order valence-electron chi connectivity index (χ0n) is 19.1. The molecule has 0 heterocycles. The topological polar surface area (TPSA) is 137 Å². The molecule has 3 aromatic carbocycles. The number of nitro groups is 1. The summed E-state index contributed by atoms with van der Waals surface area (Å²) in [4.78, 5) is 48.4. The van der Waals surface area contributed by atoms with Gasteiger partial charge in [-0.25, -0.2) is 4.79 Å². The van der Waals surface area contributed by atoms with E-state index in [1.807, 2.05) is 0 Å². The SMILES string of the molecule is COC(=O)c1ccc(NC(=O)/C(=C\c2cccc([N+](=O)[O-])c2)NC(=O)c2cc(OC)ccc2Br)cc1. The molecule has 0 saturated carbocycles. The van der Waals surface area contributed by atoms with Crippen molar-refractivity contribution in [3.05, 3.63) is 104 Å². The second kappa shape index (κ2) is 11.8. The summed E-state index contributed by atoms with van der Waals surface area (Å²) in [7, 11) is 2.71. The molecule has 0 aliphatic heterocycles. The molecule has 10 nitrogen and oxygen atoms in total. The van der Waals surface area contributed by atoms with Gasteiger partial charge in [-0.15, -0.1) is 0 Å². The minimum absolute atomic E-state index is 0.174. The summed E-state index contributed by atoms with van der Waals surface area (Å²) in [6.45, 7) is 0. The van der Waals surface area contributed by atoms with Crippen LogP contribution in [0.3, 0.4) is 0 Å². The maximum Gasteiger partial charge on any atom is 0.337 e. The van der Waals surface area contributed by atoms with E-state index in [9.17, 15) is 24.5 Å². The van der Waals surface area contributed by atoms with Crippen molar-refractivity contribution in [2.45, 2.75) is 0 Å². The molecule has 0 radical (unpaired) electrons. The van der Waals surface area contributed by atoms with Crippen LogP contribution in [0.2, 0.25) is 0 Å². The van der Waals surface area contributed by atoms with Gasteiger partial charge in [0.15, 0.2) is 0 Å². The average Bonchev–Trinajstić information content (AvgIpc) is 2.88. The smallest absolute Gasteiger partial charge is 0.337 e. The minimum atomic E-state index is -0.695. The number of hydrogen-bond donors (Lipinski definition) is 2. The Kier molecular flexibility index (Phi) is 8.52. The summed E-state index contributed by atoms with van der Waals surface area (Å²) in [5.41, 5.74) is 0.805. The number of amides is 2. The van der Waals surface area contributed by atoms with Crippen molar-refractivity contribution in [1.82, 2.24) is 5.32 Å². The normalized spacial score (nSPS) is 10.8. The fourth-order valence-corrected chi connectivity index (χ4v) is 3.48. The number of ether oxygens (including phenoxy) is 2. The second-order valence-corrected chi connectivity index (χ2v) is 8.09. The molecule has 0 aliphatic rings. The third kappa shape index (κ3) is 6.54. The zero-order chi connectivity index (χ0) is 26.2. The fourth-order valence-electron chi connectivity index (χ4n) is 3.05. The molecular formula is C25H20BrN3O7. The molecule has 3 rings (SSSR count). The van der Waals surface area contributed by atoms with E-state index < -0.39 is 22.7 Å². The van der Waals surface area contributed by atoms with Crippen LogP contribution in [0.25, 0.3) is 6.08 Å². The van der Waals surface area contributed by atoms with E-state index in [2.05, 4.69) is 31.3 Å². The number of esters is 1. The van der Waals surface area contributed by atoms with Crippen LogP contribution in [-0.4, -0.2) is 36.9 Å². The maximum atomic E-state index is 13.1. The molecular weight excluding hydrogens is 534 g/mol. The Morgan fingerprint density at radius 3 is 2.36 bits per heavy atom. The van der Waals surface area contributed by atoms with E-state index in [1.165, 1.54) is 68.8 Å². The van der Waals surface area contributed by atoms with E-state index in [1.54, 1.807) is 18.2 Å². The standard InChI is InChI=1S/C25H20BrN3O7/c1-35-19-10-11-21(26)20(14-19)23(30)28-22(13-15-4-3-5-18(12-15)29(33)34)24(31)27-17-8-6-16(7-9-17)25(32)36-2/h3-14H,1-2H3,(H,27,31)(H,28,30)/b22-13+. The number of rotatable bonds is 8. The average molecular weight is 554 g/mol. The van der Waals surface area contributed by atoms with E-state index in [-0.39, 0.29) is 16.9 Å². The van der Waals surface area contributed by atoms with Gasteiger partial charge in [0.25, 0.3) is 17.5 Å². The molecule has 2 N–H and O–H groups in total. The van der Waals surface area contributed by atoms with E-state index in [4.69, 9.17) is 4.74 Å². The van der Waals surface area contributed by atoms with Crippen molar-refractivity contribution in [2.75, 3.05) is 19.5 Å². The quantitative estimate of drug-likeness (QED) is 0.180. The van der Waals surface area contributed by atoms with Gasteiger partial charge < -0.3 is 20.1 Å². The number of hydrogen-bond acceptors (Lipinski definition) is 7. The van der Waals surface area contributed by atoms with Gasteiger partial charge in [0.1, 0.15) is 11.4 Å². The molecule has 0 bridgehead atoms. The summed E-state index contributed by atoms with van der Waals surface area (Å²) in [5, 5.41) is 16.4. The molecule has 0 aromatic heterocycles. The molecule has 11 heteroatoms. The Bertz CT molecular complexity index is 1350. The van der Waals surface area contributed by atoms with Gasteiger partial charge in [0.05, 0.1) is 30.3 Å². The van der Waals surface area contributed by atoms with Gasteiger partial charge in [-0.05, 0) is 70.0 Å². The number of halogens is 1. The number of nitro benzene ring substituents is 1. The lowest BCUT2D eigenvalue weighted by Gasteiger charge is -2.13. The number of nitrogens with zero attached hydrogens (tertiary/aromatic N) is 1. The molecule has 0 saturated heterocycles. The number of carbonyl (C=O) groups excluding carboxylic acids is 3. The lowest BCUT2D eigenvalue weighted by atomic mass is 10.1. The Hall–Kier alpha value is -4.51. The summed E-state index contributed by atoms with van der Waals surface area (Å²) in [5.74, 6) is -1.41. The van der Waals surface area contributed by atoms with E-state index >= 15 is 0 Å². The summed E-state index contributed by atoms with van der Waals surface area (Å²) >= 11 is 3.31. The van der Waals surface area contributed by atoms with Gasteiger partial charge in [-0.2, -0.15) is 0 Å². The molecule has 0 fully saturated rings. The highest BCUT2D eigenvalue weighted by atomic mass is 79.9. The fraction of sp³-hybridized carbons (Fsp3) is 0.0800. The van der Waals surface area contributed by atoms with E-state index in [0.29, 0.717) is 27.0 Å². The second-order valence-electron chi connectivity index (χ2n) is 7.23.